The Morgan fingerprint density at radius 3 is 1.49 bits per heavy atom. The number of rotatable bonds is 9. The van der Waals surface area contributed by atoms with Gasteiger partial charge in [0.2, 0.25) is 11.8 Å². The molecule has 0 unspecified atom stereocenters. The number of nitriles is 1. The van der Waals surface area contributed by atoms with Gasteiger partial charge in [-0.2, -0.15) is 5.26 Å². The number of carboxylic acid groups (broad SMARTS) is 1. The van der Waals surface area contributed by atoms with Gasteiger partial charge in [-0.05, 0) is 96.6 Å². The fourth-order valence-corrected chi connectivity index (χ4v) is 7.11. The molecule has 7 nitrogen and oxygen atoms in total. The Bertz CT molecular complexity index is 1300. The molecule has 2 amide bonds. The molecule has 0 radical (unpaired) electrons. The number of carbonyl (C=O) groups is 3. The zero-order chi connectivity index (χ0) is 33.1. The first-order valence-corrected chi connectivity index (χ1v) is 16.8. The highest BCUT2D eigenvalue weighted by atomic mass is 16.4. The van der Waals surface area contributed by atoms with Gasteiger partial charge < -0.3 is 15.7 Å². The van der Waals surface area contributed by atoms with Gasteiger partial charge in [0.15, 0.2) is 0 Å². The maximum absolute atomic E-state index is 12.6. The van der Waals surface area contributed by atoms with E-state index in [0.29, 0.717) is 54.2 Å². The Morgan fingerprint density at radius 1 is 0.733 bits per heavy atom. The van der Waals surface area contributed by atoms with Gasteiger partial charge in [-0.1, -0.05) is 78.6 Å². The van der Waals surface area contributed by atoms with Crippen molar-refractivity contribution < 1.29 is 19.5 Å². The van der Waals surface area contributed by atoms with Crippen molar-refractivity contribution in [1.82, 2.24) is 10.6 Å². The molecule has 2 saturated carbocycles. The number of hydrogen-bond acceptors (Lipinski definition) is 4. The maximum Gasteiger partial charge on any atom is 0.335 e. The summed E-state index contributed by atoms with van der Waals surface area (Å²) in [5.74, 6) is 2.91. The van der Waals surface area contributed by atoms with E-state index in [1.807, 2.05) is 12.1 Å². The van der Waals surface area contributed by atoms with Crippen LogP contribution in [0.5, 0.6) is 0 Å². The third kappa shape index (κ3) is 10.7. The molecule has 0 spiro atoms. The minimum Gasteiger partial charge on any atom is -0.478 e. The van der Waals surface area contributed by atoms with Crippen LogP contribution < -0.4 is 10.6 Å². The lowest BCUT2D eigenvalue weighted by molar-refractivity contribution is -0.130. The summed E-state index contributed by atoms with van der Waals surface area (Å²) in [6.07, 6.45) is 6.71. The fourth-order valence-electron chi connectivity index (χ4n) is 7.11. The van der Waals surface area contributed by atoms with Gasteiger partial charge in [-0.3, -0.25) is 9.59 Å². The molecule has 2 aromatic carbocycles. The lowest BCUT2D eigenvalue weighted by atomic mass is 9.70. The lowest BCUT2D eigenvalue weighted by Gasteiger charge is -2.36. The normalized spacial score (nSPS) is 24.6. The maximum atomic E-state index is 12.6. The van der Waals surface area contributed by atoms with Gasteiger partial charge in [0.25, 0.3) is 0 Å². The van der Waals surface area contributed by atoms with Crippen LogP contribution in [0, 0.1) is 58.7 Å². The van der Waals surface area contributed by atoms with E-state index in [9.17, 15) is 14.4 Å². The molecule has 0 aromatic heterocycles. The van der Waals surface area contributed by atoms with E-state index in [-0.39, 0.29) is 29.2 Å². The van der Waals surface area contributed by atoms with Crippen molar-refractivity contribution in [2.24, 2.45) is 47.3 Å². The number of aromatic carboxylic acids is 1. The molecular formula is C38H53N3O4. The Hall–Kier alpha value is -3.66. The smallest absolute Gasteiger partial charge is 0.335 e. The molecule has 0 saturated heterocycles. The first kappa shape index (κ1) is 35.8. The van der Waals surface area contributed by atoms with Gasteiger partial charge in [0, 0.05) is 24.9 Å². The second-order valence-electron chi connectivity index (χ2n) is 14.1. The zero-order valence-corrected chi connectivity index (χ0v) is 28.0. The van der Waals surface area contributed by atoms with Gasteiger partial charge in [-0.15, -0.1) is 0 Å². The van der Waals surface area contributed by atoms with Crippen LogP contribution in [0.3, 0.4) is 0 Å². The topological polar surface area (TPSA) is 119 Å². The Morgan fingerprint density at radius 2 is 1.13 bits per heavy atom. The average Bonchev–Trinajstić information content (AvgIpc) is 3.02. The SMILES string of the molecule is CC(C)[C@@H]1CC[C@@H](C)C[C@H]1C(=O)NCc1ccc(C#N)cc1.CC(C)[C@@H]1CC[C@@H](C)C[C@H]1C(=O)NCc1ccc(C(=O)O)cc1. The van der Waals surface area contributed by atoms with E-state index >= 15 is 0 Å². The van der Waals surface area contributed by atoms with Crippen LogP contribution in [0.25, 0.3) is 0 Å². The summed E-state index contributed by atoms with van der Waals surface area (Å²) in [5.41, 5.74) is 2.88. The summed E-state index contributed by atoms with van der Waals surface area (Å²) in [7, 11) is 0. The van der Waals surface area contributed by atoms with E-state index in [1.165, 1.54) is 12.8 Å². The summed E-state index contributed by atoms with van der Waals surface area (Å²) in [4.78, 5) is 36.0. The van der Waals surface area contributed by atoms with Crippen LogP contribution in [0.2, 0.25) is 0 Å². The molecule has 0 heterocycles. The monoisotopic (exact) mass is 615 g/mol. The molecule has 2 fully saturated rings. The number of amides is 2. The van der Waals surface area contributed by atoms with E-state index in [1.54, 1.807) is 36.4 Å². The van der Waals surface area contributed by atoms with E-state index < -0.39 is 5.97 Å². The van der Waals surface area contributed by atoms with Gasteiger partial charge in [-0.25, -0.2) is 4.79 Å². The average molecular weight is 616 g/mol. The lowest BCUT2D eigenvalue weighted by Crippen LogP contribution is -2.39. The first-order valence-electron chi connectivity index (χ1n) is 16.8. The van der Waals surface area contributed by atoms with Crippen molar-refractivity contribution in [2.45, 2.75) is 93.2 Å². The van der Waals surface area contributed by atoms with Gasteiger partial charge in [0.05, 0.1) is 17.2 Å². The molecule has 45 heavy (non-hydrogen) atoms. The number of hydrogen-bond donors (Lipinski definition) is 3. The summed E-state index contributed by atoms with van der Waals surface area (Å²) in [6.45, 7) is 14.3. The molecule has 3 N–H and O–H groups in total. The molecule has 0 bridgehead atoms. The summed E-state index contributed by atoms with van der Waals surface area (Å²) >= 11 is 0. The zero-order valence-electron chi connectivity index (χ0n) is 28.0. The third-order valence-corrected chi connectivity index (χ3v) is 9.94. The number of nitrogens with zero attached hydrogens (tertiary/aromatic N) is 1. The van der Waals surface area contributed by atoms with Crippen molar-refractivity contribution in [1.29, 1.82) is 5.26 Å². The third-order valence-electron chi connectivity index (χ3n) is 9.94. The molecule has 2 aliphatic rings. The Balaban J connectivity index is 0.000000246. The minimum atomic E-state index is -0.934. The Labute approximate surface area is 270 Å². The predicted molar refractivity (Wildman–Crippen MR) is 178 cm³/mol. The van der Waals surface area contributed by atoms with Gasteiger partial charge in [0.1, 0.15) is 0 Å². The van der Waals surface area contributed by atoms with Crippen LogP contribution in [-0.4, -0.2) is 22.9 Å². The molecule has 0 aliphatic heterocycles. The summed E-state index contributed by atoms with van der Waals surface area (Å²) in [6, 6.07) is 16.2. The number of carbonyl (C=O) groups excluding carboxylic acids is 2. The van der Waals surface area contributed by atoms with Gasteiger partial charge >= 0.3 is 5.97 Å². The highest BCUT2D eigenvalue weighted by Gasteiger charge is 2.36. The van der Waals surface area contributed by atoms with Crippen molar-refractivity contribution in [2.75, 3.05) is 0 Å². The van der Waals surface area contributed by atoms with E-state index in [2.05, 4.69) is 58.2 Å². The highest BCUT2D eigenvalue weighted by Crippen LogP contribution is 2.39. The van der Waals surface area contributed by atoms with Crippen molar-refractivity contribution in [3.63, 3.8) is 0 Å². The molecule has 6 atom stereocenters. The van der Waals surface area contributed by atoms with Crippen LogP contribution in [-0.2, 0) is 22.7 Å². The highest BCUT2D eigenvalue weighted by molar-refractivity contribution is 5.87. The molecule has 4 rings (SSSR count). The van der Waals surface area contributed by atoms with E-state index in [0.717, 1.165) is 36.8 Å². The van der Waals surface area contributed by atoms with Crippen LogP contribution in [0.15, 0.2) is 48.5 Å². The second kappa shape index (κ2) is 17.1. The van der Waals surface area contributed by atoms with Crippen molar-refractivity contribution in [3.05, 3.63) is 70.8 Å². The molecule has 2 aliphatic carbocycles. The second-order valence-corrected chi connectivity index (χ2v) is 14.1. The number of nitrogens with one attached hydrogen (secondary N) is 2. The minimum absolute atomic E-state index is 0.0945. The van der Waals surface area contributed by atoms with E-state index in [4.69, 9.17) is 10.4 Å². The first-order chi connectivity index (χ1) is 21.4. The largest absolute Gasteiger partial charge is 0.478 e. The Kier molecular flexibility index (Phi) is 13.6. The summed E-state index contributed by atoms with van der Waals surface area (Å²) < 4.78 is 0. The molecule has 7 heteroatoms. The van der Waals surface area contributed by atoms with Crippen LogP contribution >= 0.6 is 0 Å². The van der Waals surface area contributed by atoms with Crippen LogP contribution in [0.4, 0.5) is 0 Å². The number of carboxylic acids is 1. The summed E-state index contributed by atoms with van der Waals surface area (Å²) in [5, 5.41) is 23.8. The van der Waals surface area contributed by atoms with Crippen LogP contribution in [0.1, 0.15) is 107 Å². The quantitative estimate of drug-likeness (QED) is 0.268. The number of benzene rings is 2. The fraction of sp³-hybridized carbons (Fsp3) is 0.579. The van der Waals surface area contributed by atoms with Crippen molar-refractivity contribution in [3.8, 4) is 6.07 Å². The molecular weight excluding hydrogens is 562 g/mol. The van der Waals surface area contributed by atoms with Crippen molar-refractivity contribution >= 4 is 17.8 Å². The predicted octanol–water partition coefficient (Wildman–Crippen LogP) is 7.59. The molecule has 244 valence electrons. The molecule has 2 aromatic rings. The standard InChI is InChI=1S/C19H26N2O.C19H27NO3/c1-13(2)17-9-4-14(3)10-18(17)19(22)21-12-16-7-5-15(11-20)6-8-16;1-12(2)16-9-4-13(3)10-17(16)18(21)20-11-14-5-7-15(8-6-14)19(22)23/h5-8,13-14,17-18H,4,9-10,12H2,1-3H3,(H,21,22);5-8,12-13,16-17H,4,9-11H2,1-3H3,(H,20,21)(H,22,23)/t14-,17+,18-;13-,16+,17-/m11/s1.